The maximum Gasteiger partial charge on any atom is 0.165 e. The summed E-state index contributed by atoms with van der Waals surface area (Å²) in [6.07, 6.45) is 0. The second-order valence-electron chi connectivity index (χ2n) is 16.4. The Morgan fingerprint density at radius 1 is 0.270 bits per heavy atom. The van der Waals surface area contributed by atoms with Crippen molar-refractivity contribution in [3.05, 3.63) is 218 Å². The van der Waals surface area contributed by atoms with Gasteiger partial charge in [-0.2, -0.15) is 0 Å². The number of aromatic nitrogens is 4. The monoisotopic (exact) mass is 800 g/mol. The molecule has 4 nitrogen and oxygen atoms in total. The zero-order chi connectivity index (χ0) is 41.4. The first-order valence-corrected chi connectivity index (χ1v) is 21.4. The highest BCUT2D eigenvalue weighted by molar-refractivity contribution is 6.19. The largest absolute Gasteiger partial charge is 0.309 e. The van der Waals surface area contributed by atoms with Crippen LogP contribution in [0, 0.1) is 0 Å². The highest BCUT2D eigenvalue weighted by Crippen LogP contribution is 2.46. The van der Waals surface area contributed by atoms with Crippen LogP contribution in [0.3, 0.4) is 0 Å². The topological polar surface area (TPSA) is 43.6 Å². The van der Waals surface area contributed by atoms with Crippen molar-refractivity contribution in [2.75, 3.05) is 0 Å². The molecule has 2 aromatic heterocycles. The summed E-state index contributed by atoms with van der Waals surface area (Å²) >= 11 is 0. The third kappa shape index (κ3) is 5.73. The highest BCUT2D eigenvalue weighted by atomic mass is 15.0. The van der Waals surface area contributed by atoms with Crippen molar-refractivity contribution >= 4 is 75.7 Å². The Balaban J connectivity index is 1.18. The summed E-state index contributed by atoms with van der Waals surface area (Å²) in [7, 11) is 0. The van der Waals surface area contributed by atoms with E-state index in [4.69, 9.17) is 15.0 Å². The van der Waals surface area contributed by atoms with Crippen molar-refractivity contribution in [1.82, 2.24) is 19.5 Å². The molecule has 0 fully saturated rings. The molecule has 0 saturated heterocycles. The SMILES string of the molecule is c1ccc(-c2nc(-c3ccc4ccccc4c3)nc(-c3c(-c4cccc5ccccc45)cc(-n4c5cc6ccccc6cc5c5cc6ccccc6cc54)c4ccccc34)n2)cc1. The summed E-state index contributed by atoms with van der Waals surface area (Å²) in [5.41, 5.74) is 8.40. The fourth-order valence-corrected chi connectivity index (χ4v) is 9.76. The van der Waals surface area contributed by atoms with Gasteiger partial charge in [0.05, 0.1) is 16.7 Å². The van der Waals surface area contributed by atoms with Crippen LogP contribution in [0.4, 0.5) is 0 Å². The summed E-state index contributed by atoms with van der Waals surface area (Å²) in [5, 5.41) is 14.1. The third-order valence-corrected chi connectivity index (χ3v) is 12.7. The molecule has 0 aliphatic carbocycles. The van der Waals surface area contributed by atoms with Gasteiger partial charge in [0.15, 0.2) is 17.5 Å². The van der Waals surface area contributed by atoms with Gasteiger partial charge in [-0.3, -0.25) is 0 Å². The standard InChI is InChI=1S/C59H36N4/c1-2-17-39(18-3-1)57-60-58(45-30-29-37-15-4-5-19-40(37)31-45)62-59(61-57)56-49-27-13-12-26-48(49)55(36-52(56)47-28-14-24-38-16-10-11-25-46(38)47)63-53-34-43-22-8-6-20-41(43)32-50(53)51-33-42-21-7-9-23-44(42)35-54(51)63/h1-36H. The summed E-state index contributed by atoms with van der Waals surface area (Å²) < 4.78 is 2.49. The van der Waals surface area contributed by atoms with Crippen molar-refractivity contribution in [1.29, 1.82) is 0 Å². The molecule has 292 valence electrons. The Bertz CT molecular complexity index is 3880. The molecule has 0 bridgehead atoms. The third-order valence-electron chi connectivity index (χ3n) is 12.7. The maximum absolute atomic E-state index is 5.45. The Kier molecular flexibility index (Phi) is 7.87. The van der Waals surface area contributed by atoms with Gasteiger partial charge in [0.2, 0.25) is 0 Å². The Morgan fingerprint density at radius 2 is 0.762 bits per heavy atom. The number of fused-ring (bicyclic) bond motifs is 8. The molecule has 13 aromatic rings. The quantitative estimate of drug-likeness (QED) is 0.174. The van der Waals surface area contributed by atoms with Crippen LogP contribution in [-0.4, -0.2) is 19.5 Å². The van der Waals surface area contributed by atoms with E-state index in [9.17, 15) is 0 Å². The van der Waals surface area contributed by atoms with Crippen LogP contribution in [0.25, 0.3) is 127 Å². The molecule has 0 aliphatic rings. The Hall–Kier alpha value is -8.47. The van der Waals surface area contributed by atoms with Crippen molar-refractivity contribution in [3.8, 4) is 51.0 Å². The number of nitrogens with zero attached hydrogens (tertiary/aromatic N) is 4. The lowest BCUT2D eigenvalue weighted by atomic mass is 9.89. The molecule has 13 rings (SSSR count). The highest BCUT2D eigenvalue weighted by Gasteiger charge is 2.24. The van der Waals surface area contributed by atoms with Crippen LogP contribution < -0.4 is 0 Å². The summed E-state index contributed by atoms with van der Waals surface area (Å²) in [4.78, 5) is 16.1. The van der Waals surface area contributed by atoms with E-state index >= 15 is 0 Å². The smallest absolute Gasteiger partial charge is 0.165 e. The van der Waals surface area contributed by atoms with E-state index in [2.05, 4.69) is 205 Å². The molecular formula is C59H36N4. The average molecular weight is 801 g/mol. The number of hydrogen-bond acceptors (Lipinski definition) is 3. The van der Waals surface area contributed by atoms with E-state index in [0.29, 0.717) is 17.5 Å². The molecule has 11 aromatic carbocycles. The van der Waals surface area contributed by atoms with Gasteiger partial charge in [-0.15, -0.1) is 0 Å². The summed E-state index contributed by atoms with van der Waals surface area (Å²) in [5.74, 6) is 1.88. The average Bonchev–Trinajstić information content (AvgIpc) is 3.65. The molecule has 0 atom stereocenters. The van der Waals surface area contributed by atoms with E-state index in [1.165, 1.54) is 43.1 Å². The van der Waals surface area contributed by atoms with Crippen LogP contribution in [0.15, 0.2) is 218 Å². The molecule has 0 radical (unpaired) electrons. The van der Waals surface area contributed by atoms with Gasteiger partial charge in [0.25, 0.3) is 0 Å². The molecule has 2 heterocycles. The van der Waals surface area contributed by atoms with Crippen molar-refractivity contribution in [2.45, 2.75) is 0 Å². The number of rotatable bonds is 5. The van der Waals surface area contributed by atoms with Gasteiger partial charge in [0, 0.05) is 32.8 Å². The fraction of sp³-hybridized carbons (Fsp3) is 0. The van der Waals surface area contributed by atoms with Gasteiger partial charge in [-0.25, -0.2) is 15.0 Å². The molecule has 0 spiro atoms. The lowest BCUT2D eigenvalue weighted by molar-refractivity contribution is 1.08. The first-order chi connectivity index (χ1) is 31.2. The van der Waals surface area contributed by atoms with Crippen LogP contribution in [0.2, 0.25) is 0 Å². The zero-order valence-corrected chi connectivity index (χ0v) is 34.1. The Morgan fingerprint density at radius 3 is 1.43 bits per heavy atom. The number of benzene rings is 11. The lowest BCUT2D eigenvalue weighted by Gasteiger charge is -2.20. The molecule has 0 amide bonds. The van der Waals surface area contributed by atoms with Gasteiger partial charge < -0.3 is 4.57 Å². The summed E-state index contributed by atoms with van der Waals surface area (Å²) in [6, 6.07) is 78.4. The normalized spacial score (nSPS) is 11.8. The minimum atomic E-state index is 0.622. The van der Waals surface area contributed by atoms with E-state index in [1.54, 1.807) is 0 Å². The summed E-state index contributed by atoms with van der Waals surface area (Å²) in [6.45, 7) is 0. The van der Waals surface area contributed by atoms with E-state index < -0.39 is 0 Å². The predicted molar refractivity (Wildman–Crippen MR) is 263 cm³/mol. The van der Waals surface area contributed by atoms with Crippen LogP contribution in [-0.2, 0) is 0 Å². The van der Waals surface area contributed by atoms with E-state index in [0.717, 1.165) is 66.1 Å². The van der Waals surface area contributed by atoms with Crippen LogP contribution in [0.5, 0.6) is 0 Å². The van der Waals surface area contributed by atoms with Crippen molar-refractivity contribution in [2.24, 2.45) is 0 Å². The second-order valence-corrected chi connectivity index (χ2v) is 16.4. The Labute approximate surface area is 363 Å². The molecular weight excluding hydrogens is 765 g/mol. The maximum atomic E-state index is 5.45. The van der Waals surface area contributed by atoms with Gasteiger partial charge in [0.1, 0.15) is 0 Å². The predicted octanol–water partition coefficient (Wildman–Crippen LogP) is 15.4. The van der Waals surface area contributed by atoms with Crippen LogP contribution in [0.1, 0.15) is 0 Å². The molecule has 0 aliphatic heterocycles. The molecule has 63 heavy (non-hydrogen) atoms. The minimum Gasteiger partial charge on any atom is -0.309 e. The molecule has 0 N–H and O–H groups in total. The van der Waals surface area contributed by atoms with Gasteiger partial charge in [-0.05, 0) is 96.0 Å². The van der Waals surface area contributed by atoms with Crippen molar-refractivity contribution < 1.29 is 0 Å². The van der Waals surface area contributed by atoms with Gasteiger partial charge in [-0.1, -0.05) is 182 Å². The van der Waals surface area contributed by atoms with E-state index in [-0.39, 0.29) is 0 Å². The van der Waals surface area contributed by atoms with Crippen molar-refractivity contribution in [3.63, 3.8) is 0 Å². The zero-order valence-electron chi connectivity index (χ0n) is 34.1. The molecule has 0 saturated carbocycles. The lowest BCUT2D eigenvalue weighted by Crippen LogP contribution is -2.04. The number of hydrogen-bond donors (Lipinski definition) is 0. The first-order valence-electron chi connectivity index (χ1n) is 21.4. The fourth-order valence-electron chi connectivity index (χ4n) is 9.76. The molecule has 4 heteroatoms. The second kappa shape index (κ2) is 14.1. The van der Waals surface area contributed by atoms with Gasteiger partial charge >= 0.3 is 0 Å². The minimum absolute atomic E-state index is 0.622. The van der Waals surface area contributed by atoms with Crippen LogP contribution >= 0.6 is 0 Å². The van der Waals surface area contributed by atoms with E-state index in [1.807, 2.05) is 18.2 Å². The molecule has 0 unspecified atom stereocenters. The first kappa shape index (κ1) is 35.3.